The molecule has 214 valence electrons. The Morgan fingerprint density at radius 2 is 1.56 bits per heavy atom. The number of carbonyl (C=O) groups excluding carboxylic acids is 1. The predicted octanol–water partition coefficient (Wildman–Crippen LogP) is 3.71. The normalized spacial score (nSPS) is 22.0. The fraction of sp³-hybridized carbons (Fsp3) is 0.567. The summed E-state index contributed by atoms with van der Waals surface area (Å²) in [7, 11) is -3.27. The third-order valence-electron chi connectivity index (χ3n) is 8.41. The van der Waals surface area contributed by atoms with Gasteiger partial charge in [0.2, 0.25) is 0 Å². The van der Waals surface area contributed by atoms with Gasteiger partial charge in [0.1, 0.15) is 6.23 Å². The molecule has 3 atom stereocenters. The van der Waals surface area contributed by atoms with Gasteiger partial charge in [0.25, 0.3) is 0 Å². The van der Waals surface area contributed by atoms with Gasteiger partial charge in [-0.25, -0.2) is 13.2 Å². The highest BCUT2D eigenvalue weighted by atomic mass is 32.2. The van der Waals surface area contributed by atoms with Crippen LogP contribution >= 0.6 is 0 Å². The second kappa shape index (κ2) is 12.0. The lowest BCUT2D eigenvalue weighted by molar-refractivity contribution is -0.104. The van der Waals surface area contributed by atoms with E-state index in [9.17, 15) is 18.3 Å². The zero-order valence-corrected chi connectivity index (χ0v) is 24.5. The Morgan fingerprint density at radius 3 is 2.10 bits per heavy atom. The number of sulfone groups is 1. The van der Waals surface area contributed by atoms with E-state index in [0.29, 0.717) is 30.3 Å². The van der Waals surface area contributed by atoms with Gasteiger partial charge in [-0.1, -0.05) is 63.2 Å². The van der Waals surface area contributed by atoms with Gasteiger partial charge >= 0.3 is 6.03 Å². The van der Waals surface area contributed by atoms with Crippen molar-refractivity contribution >= 4 is 15.9 Å². The van der Waals surface area contributed by atoms with Crippen LogP contribution in [-0.4, -0.2) is 85.5 Å². The maximum atomic E-state index is 12.1. The van der Waals surface area contributed by atoms with Gasteiger partial charge < -0.3 is 15.7 Å². The van der Waals surface area contributed by atoms with Gasteiger partial charge in [-0.2, -0.15) is 0 Å². The van der Waals surface area contributed by atoms with E-state index in [0.717, 1.165) is 43.6 Å². The van der Waals surface area contributed by atoms with E-state index >= 15 is 0 Å². The summed E-state index contributed by atoms with van der Waals surface area (Å²) in [6.07, 6.45) is 3.09. The molecule has 8 nitrogen and oxygen atoms in total. The van der Waals surface area contributed by atoms with Gasteiger partial charge in [0, 0.05) is 45.0 Å². The molecule has 0 spiro atoms. The summed E-state index contributed by atoms with van der Waals surface area (Å²) in [4.78, 5) is 18.2. The number of piperazine rings is 1. The molecule has 2 aliphatic rings. The Hall–Kier alpha value is -2.46. The van der Waals surface area contributed by atoms with Crippen molar-refractivity contribution in [1.29, 1.82) is 0 Å². The lowest BCUT2D eigenvalue weighted by Gasteiger charge is -2.51. The fourth-order valence-electron chi connectivity index (χ4n) is 6.15. The molecular weight excluding hydrogens is 512 g/mol. The first-order valence-electron chi connectivity index (χ1n) is 13.9. The van der Waals surface area contributed by atoms with Crippen LogP contribution in [0.25, 0.3) is 0 Å². The van der Waals surface area contributed by atoms with Crippen molar-refractivity contribution in [3.8, 4) is 0 Å². The number of nitrogens with zero attached hydrogens (tertiary/aromatic N) is 3. The quantitative estimate of drug-likeness (QED) is 0.539. The Labute approximate surface area is 233 Å². The molecule has 0 saturated carbocycles. The number of aliphatic hydroxyl groups excluding tert-OH is 1. The Bertz CT molecular complexity index is 1210. The molecule has 2 heterocycles. The number of piperidine rings is 1. The van der Waals surface area contributed by atoms with Crippen molar-refractivity contribution in [3.05, 3.63) is 65.7 Å². The average molecular weight is 557 g/mol. The lowest BCUT2D eigenvalue weighted by Crippen LogP contribution is -2.61. The van der Waals surface area contributed by atoms with E-state index in [4.69, 9.17) is 5.73 Å². The molecule has 0 aliphatic carbocycles. The molecule has 2 fully saturated rings. The molecule has 0 bridgehead atoms. The van der Waals surface area contributed by atoms with Crippen molar-refractivity contribution in [2.45, 2.75) is 63.2 Å². The van der Waals surface area contributed by atoms with Crippen LogP contribution in [0.15, 0.2) is 59.5 Å². The van der Waals surface area contributed by atoms with Crippen LogP contribution in [0.2, 0.25) is 0 Å². The van der Waals surface area contributed by atoms with Crippen molar-refractivity contribution in [1.82, 2.24) is 14.7 Å². The number of hydrogen-bond acceptors (Lipinski definition) is 6. The van der Waals surface area contributed by atoms with E-state index in [1.54, 1.807) is 17.0 Å². The van der Waals surface area contributed by atoms with Crippen molar-refractivity contribution in [3.63, 3.8) is 0 Å². The van der Waals surface area contributed by atoms with Crippen LogP contribution in [0, 0.1) is 11.3 Å². The first-order chi connectivity index (χ1) is 18.3. The topological polar surface area (TPSA) is 107 Å². The zero-order chi connectivity index (χ0) is 28.4. The molecule has 4 rings (SSSR count). The third kappa shape index (κ3) is 7.20. The number of benzene rings is 2. The Kier molecular flexibility index (Phi) is 9.05. The maximum absolute atomic E-state index is 12.1. The number of likely N-dealkylation sites (tertiary alicyclic amines) is 1. The number of carbonyl (C=O) groups is 1. The van der Waals surface area contributed by atoms with Crippen molar-refractivity contribution < 1.29 is 18.3 Å². The molecule has 9 heteroatoms. The maximum Gasteiger partial charge on any atom is 0.314 e. The first-order valence-corrected chi connectivity index (χ1v) is 15.8. The third-order valence-corrected chi connectivity index (χ3v) is 9.54. The summed E-state index contributed by atoms with van der Waals surface area (Å²) in [6.45, 7) is 10.3. The highest BCUT2D eigenvalue weighted by Gasteiger charge is 2.41. The van der Waals surface area contributed by atoms with E-state index < -0.39 is 16.1 Å². The molecule has 39 heavy (non-hydrogen) atoms. The Balaban J connectivity index is 1.55. The zero-order valence-electron chi connectivity index (χ0n) is 23.7. The second-order valence-electron chi connectivity index (χ2n) is 12.3. The van der Waals surface area contributed by atoms with Gasteiger partial charge in [-0.15, -0.1) is 0 Å². The monoisotopic (exact) mass is 556 g/mol. The molecule has 3 N–H and O–H groups in total. The predicted molar refractivity (Wildman–Crippen MR) is 154 cm³/mol. The summed E-state index contributed by atoms with van der Waals surface area (Å²) in [5.74, 6) is 0.361. The number of rotatable bonds is 7. The van der Waals surface area contributed by atoms with E-state index in [1.165, 1.54) is 6.26 Å². The summed E-state index contributed by atoms with van der Waals surface area (Å²) < 4.78 is 24.1. The molecule has 2 unspecified atom stereocenters. The number of hydrogen-bond donors (Lipinski definition) is 2. The highest BCUT2D eigenvalue weighted by molar-refractivity contribution is 7.90. The number of aliphatic hydroxyl groups is 1. The number of nitrogens with two attached hydrogens (primary N) is 1. The van der Waals surface area contributed by atoms with Crippen LogP contribution in [-0.2, 0) is 9.84 Å². The van der Waals surface area contributed by atoms with Crippen molar-refractivity contribution in [2.75, 3.05) is 39.0 Å². The standard InChI is InChI=1S/C30H44N4O4S/c1-30(2,3)26-21-33(18-19-34(26)27(35)20-22-14-16-32(17-15-22)29(31)36)28(23-8-6-5-7-9-23)24-10-12-25(13-11-24)39(4,37)38/h5-13,22,26-28,35H,14-21H2,1-4H3,(H2,31,36)/t26-,27?,28?/m1/s1. The minimum Gasteiger partial charge on any atom is -0.378 e. The summed E-state index contributed by atoms with van der Waals surface area (Å²) in [6, 6.07) is 17.3. The van der Waals surface area contributed by atoms with Crippen LogP contribution in [0.4, 0.5) is 4.79 Å². The fourth-order valence-corrected chi connectivity index (χ4v) is 6.78. The van der Waals surface area contributed by atoms with Gasteiger partial charge in [0.05, 0.1) is 10.9 Å². The highest BCUT2D eigenvalue weighted by Crippen LogP contribution is 2.37. The summed E-state index contributed by atoms with van der Waals surface area (Å²) in [5, 5.41) is 11.4. The number of primary amides is 1. The molecule has 2 saturated heterocycles. The second-order valence-corrected chi connectivity index (χ2v) is 14.3. The summed E-state index contributed by atoms with van der Waals surface area (Å²) in [5.41, 5.74) is 7.58. The van der Waals surface area contributed by atoms with Crippen LogP contribution in [0.1, 0.15) is 57.2 Å². The van der Waals surface area contributed by atoms with Crippen LogP contribution < -0.4 is 5.73 Å². The SMILES string of the molecule is CC(C)(C)[C@H]1CN(C(c2ccccc2)c2ccc(S(C)(=O)=O)cc2)CCN1C(O)CC1CCN(C(N)=O)CC1. The largest absolute Gasteiger partial charge is 0.378 e. The first kappa shape index (κ1) is 29.5. The molecule has 2 aromatic rings. The van der Waals surface area contributed by atoms with Crippen LogP contribution in [0.3, 0.4) is 0 Å². The molecule has 2 aliphatic heterocycles. The van der Waals surface area contributed by atoms with E-state index in [1.807, 2.05) is 30.3 Å². The minimum atomic E-state index is -3.27. The lowest BCUT2D eigenvalue weighted by atomic mass is 9.82. The molecule has 0 radical (unpaired) electrons. The summed E-state index contributed by atoms with van der Waals surface area (Å²) >= 11 is 0. The van der Waals surface area contributed by atoms with Gasteiger partial charge in [-0.3, -0.25) is 9.80 Å². The van der Waals surface area contributed by atoms with Gasteiger partial charge in [-0.05, 0) is 53.9 Å². The van der Waals surface area contributed by atoms with Crippen LogP contribution in [0.5, 0.6) is 0 Å². The minimum absolute atomic E-state index is 0.0259. The van der Waals surface area contributed by atoms with Crippen molar-refractivity contribution in [2.24, 2.45) is 17.1 Å². The van der Waals surface area contributed by atoms with E-state index in [-0.39, 0.29) is 23.5 Å². The average Bonchev–Trinajstić information content (AvgIpc) is 2.89. The molecule has 2 aromatic carbocycles. The molecular formula is C30H44N4O4S. The van der Waals surface area contributed by atoms with E-state index in [2.05, 4.69) is 42.7 Å². The number of urea groups is 1. The Morgan fingerprint density at radius 1 is 0.974 bits per heavy atom. The smallest absolute Gasteiger partial charge is 0.314 e. The molecule has 0 aromatic heterocycles. The number of amides is 2. The van der Waals surface area contributed by atoms with Gasteiger partial charge in [0.15, 0.2) is 9.84 Å². The molecule has 2 amide bonds.